The summed E-state index contributed by atoms with van der Waals surface area (Å²) in [4.78, 5) is 35.2. The summed E-state index contributed by atoms with van der Waals surface area (Å²) in [5.41, 5.74) is -0.920. The van der Waals surface area contributed by atoms with Crippen molar-refractivity contribution in [1.82, 2.24) is 0 Å². The lowest BCUT2D eigenvalue weighted by Crippen LogP contribution is -2.40. The molecule has 0 aliphatic rings. The van der Waals surface area contributed by atoms with Crippen molar-refractivity contribution in [2.75, 3.05) is 6.61 Å². The smallest absolute Gasteiger partial charge is 0.305 e. The second-order valence-corrected chi connectivity index (χ2v) is 9.97. The van der Waals surface area contributed by atoms with Gasteiger partial charge in [-0.25, -0.2) is 9.78 Å². The van der Waals surface area contributed by atoms with Gasteiger partial charge >= 0.3 is 5.97 Å². The molecule has 0 radical (unpaired) electrons. The Bertz CT molecular complexity index is 435. The largest absolute Gasteiger partial charge is 0.466 e. The molecule has 0 unspecified atom stereocenters. The van der Waals surface area contributed by atoms with Gasteiger partial charge in [-0.05, 0) is 53.9 Å². The summed E-state index contributed by atoms with van der Waals surface area (Å²) in [6.07, 6.45) is 10.8. The lowest BCUT2D eigenvalue weighted by atomic mass is 10.0. The molecule has 6 nitrogen and oxygen atoms in total. The number of carbonyl (C=O) groups excluding carboxylic acids is 1. The molecule has 0 aliphatic heterocycles. The minimum absolute atomic E-state index is 0.166. The Balaban J connectivity index is 4.91. The van der Waals surface area contributed by atoms with Crippen LogP contribution < -0.4 is 0 Å². The zero-order valence-electron chi connectivity index (χ0n) is 21.6. The molecule has 0 bridgehead atoms. The van der Waals surface area contributed by atoms with E-state index in [9.17, 15) is 4.79 Å². The van der Waals surface area contributed by atoms with Crippen LogP contribution in [0.15, 0.2) is 0 Å². The van der Waals surface area contributed by atoms with Crippen LogP contribution in [0.4, 0.5) is 0 Å². The van der Waals surface area contributed by atoms with Gasteiger partial charge in [0.1, 0.15) is 0 Å². The van der Waals surface area contributed by atoms with Gasteiger partial charge in [-0.15, -0.1) is 0 Å². The molecule has 0 aromatic rings. The van der Waals surface area contributed by atoms with Gasteiger partial charge in [0.05, 0.1) is 24.2 Å². The van der Waals surface area contributed by atoms with Crippen LogP contribution >= 0.6 is 0 Å². The fourth-order valence-corrected chi connectivity index (χ4v) is 2.92. The normalized spacial score (nSPS) is 12.9. The first kappa shape index (κ1) is 30.3. The molecule has 0 aliphatic carbocycles. The van der Waals surface area contributed by atoms with E-state index in [2.05, 4.69) is 20.8 Å². The van der Waals surface area contributed by atoms with Crippen molar-refractivity contribution in [3.8, 4) is 0 Å². The monoisotopic (exact) mass is 446 g/mol. The van der Waals surface area contributed by atoms with Crippen molar-refractivity contribution >= 4 is 5.97 Å². The van der Waals surface area contributed by atoms with Crippen LogP contribution in [0.3, 0.4) is 0 Å². The van der Waals surface area contributed by atoms with Crippen molar-refractivity contribution in [3.63, 3.8) is 0 Å². The van der Waals surface area contributed by atoms with E-state index in [4.69, 9.17) is 24.3 Å². The molecule has 0 spiro atoms. The van der Waals surface area contributed by atoms with Gasteiger partial charge in [-0.3, -0.25) is 4.79 Å². The second kappa shape index (κ2) is 16.0. The Labute approximate surface area is 191 Å². The van der Waals surface area contributed by atoms with E-state index in [1.165, 1.54) is 0 Å². The lowest BCUT2D eigenvalue weighted by Gasteiger charge is -2.34. The van der Waals surface area contributed by atoms with Gasteiger partial charge in [0.15, 0.2) is 0 Å². The zero-order valence-corrected chi connectivity index (χ0v) is 21.6. The molecule has 0 heterocycles. The summed E-state index contributed by atoms with van der Waals surface area (Å²) < 4.78 is 5.27. The maximum atomic E-state index is 12.1. The van der Waals surface area contributed by atoms with Gasteiger partial charge in [-0.1, -0.05) is 65.7 Å². The number of unbranched alkanes of at least 4 members (excludes halogenated alkanes) is 5. The first-order valence-corrected chi connectivity index (χ1v) is 12.4. The molecule has 0 aromatic heterocycles. The topological polar surface area (TPSA) is 63.2 Å². The molecule has 186 valence electrons. The fourth-order valence-electron chi connectivity index (χ4n) is 2.92. The molecule has 31 heavy (non-hydrogen) atoms. The van der Waals surface area contributed by atoms with Crippen LogP contribution in [0.2, 0.25) is 0 Å². The van der Waals surface area contributed by atoms with Crippen molar-refractivity contribution in [3.05, 3.63) is 0 Å². The maximum absolute atomic E-state index is 12.1. The Morgan fingerprint density at radius 3 is 1.48 bits per heavy atom. The predicted octanol–water partition coefficient (Wildman–Crippen LogP) is 7.44. The van der Waals surface area contributed by atoms with E-state index in [1.807, 2.05) is 27.7 Å². The summed E-state index contributed by atoms with van der Waals surface area (Å²) in [7, 11) is 0. The molecule has 6 heteroatoms. The first-order valence-electron chi connectivity index (χ1n) is 12.4. The second-order valence-electron chi connectivity index (χ2n) is 9.97. The van der Waals surface area contributed by atoms with E-state index in [1.54, 1.807) is 6.92 Å². The minimum atomic E-state index is -1.21. The maximum Gasteiger partial charge on any atom is 0.305 e. The average Bonchev–Trinajstić information content (AvgIpc) is 2.70. The van der Waals surface area contributed by atoms with Gasteiger partial charge in [0.25, 0.3) is 0 Å². The van der Waals surface area contributed by atoms with Gasteiger partial charge in [-0.2, -0.15) is 9.78 Å². The molecule has 0 rings (SSSR count). The van der Waals surface area contributed by atoms with E-state index in [0.717, 1.165) is 64.2 Å². The molecule has 0 saturated heterocycles. The van der Waals surface area contributed by atoms with E-state index < -0.39 is 17.0 Å². The summed E-state index contributed by atoms with van der Waals surface area (Å²) in [6, 6.07) is 0. The molecule has 0 atom stereocenters. The number of hydrogen-bond donors (Lipinski definition) is 0. The van der Waals surface area contributed by atoms with Gasteiger partial charge in [0, 0.05) is 6.42 Å². The summed E-state index contributed by atoms with van der Waals surface area (Å²) in [6.45, 7) is 16.6. The zero-order chi connectivity index (χ0) is 23.8. The highest BCUT2D eigenvalue weighted by atomic mass is 17.3. The highest BCUT2D eigenvalue weighted by Crippen LogP contribution is 2.29. The molecular weight excluding hydrogens is 396 g/mol. The fraction of sp³-hybridized carbons (Fsp3) is 0.960. The molecule has 0 aromatic carbocycles. The number of ether oxygens (including phenoxy) is 1. The number of carbonyl (C=O) groups is 1. The van der Waals surface area contributed by atoms with E-state index in [0.29, 0.717) is 6.61 Å². The summed E-state index contributed by atoms with van der Waals surface area (Å²) >= 11 is 0. The van der Waals surface area contributed by atoms with Crippen LogP contribution in [-0.2, 0) is 29.1 Å². The Kier molecular flexibility index (Phi) is 15.6. The summed E-state index contributed by atoms with van der Waals surface area (Å²) in [5, 5.41) is 0. The SMILES string of the molecule is CCCCCC(C)(C)OOC(C)(CCC(=O)OCCCC)OOC(C)(C)CCCCC. The van der Waals surface area contributed by atoms with Crippen molar-refractivity contribution in [2.45, 2.75) is 149 Å². The van der Waals surface area contributed by atoms with Crippen molar-refractivity contribution in [1.29, 1.82) is 0 Å². The van der Waals surface area contributed by atoms with E-state index in [-0.39, 0.29) is 18.8 Å². The Morgan fingerprint density at radius 1 is 0.613 bits per heavy atom. The molecule has 0 saturated carbocycles. The van der Waals surface area contributed by atoms with Gasteiger partial charge < -0.3 is 4.74 Å². The van der Waals surface area contributed by atoms with Crippen molar-refractivity contribution < 1.29 is 29.1 Å². The molecule has 0 fully saturated rings. The third kappa shape index (κ3) is 16.6. The highest BCUT2D eigenvalue weighted by Gasteiger charge is 2.36. The third-order valence-corrected chi connectivity index (χ3v) is 5.20. The van der Waals surface area contributed by atoms with Gasteiger partial charge in [0.2, 0.25) is 5.79 Å². The quantitative estimate of drug-likeness (QED) is 0.0636. The lowest BCUT2D eigenvalue weighted by molar-refractivity contribution is -0.540. The first-order chi connectivity index (χ1) is 14.5. The standard InChI is InChI=1S/C25H50O6/c1-9-12-15-18-23(4,5)28-30-25(8,20-17-22(26)27-21-14-11-3)31-29-24(6,7)19-16-13-10-2/h9-21H2,1-8H3. The van der Waals surface area contributed by atoms with Crippen molar-refractivity contribution in [2.24, 2.45) is 0 Å². The Hall–Kier alpha value is -0.690. The molecule has 0 N–H and O–H groups in total. The third-order valence-electron chi connectivity index (χ3n) is 5.20. The van der Waals surface area contributed by atoms with Crippen LogP contribution in [0.1, 0.15) is 132 Å². The number of hydrogen-bond acceptors (Lipinski definition) is 6. The summed E-state index contributed by atoms with van der Waals surface area (Å²) in [5.74, 6) is -1.48. The van der Waals surface area contributed by atoms with Crippen LogP contribution in [0.5, 0.6) is 0 Å². The van der Waals surface area contributed by atoms with E-state index >= 15 is 0 Å². The predicted molar refractivity (Wildman–Crippen MR) is 124 cm³/mol. The molecular formula is C25H50O6. The number of esters is 1. The number of rotatable bonds is 20. The highest BCUT2D eigenvalue weighted by molar-refractivity contribution is 5.69. The van der Waals surface area contributed by atoms with Crippen LogP contribution in [0, 0.1) is 0 Å². The molecule has 0 amide bonds. The minimum Gasteiger partial charge on any atom is -0.466 e. The Morgan fingerprint density at radius 2 is 1.06 bits per heavy atom. The average molecular weight is 447 g/mol. The van der Waals surface area contributed by atoms with Crippen LogP contribution in [0.25, 0.3) is 0 Å². The van der Waals surface area contributed by atoms with Crippen LogP contribution in [-0.4, -0.2) is 29.6 Å².